The van der Waals surface area contributed by atoms with Crippen LogP contribution in [0.1, 0.15) is 11.6 Å². The van der Waals surface area contributed by atoms with Crippen LogP contribution in [0, 0.1) is 0 Å². The first-order chi connectivity index (χ1) is 10.1. The Hall–Kier alpha value is -1.05. The molecule has 1 aromatic carbocycles. The summed E-state index contributed by atoms with van der Waals surface area (Å²) >= 11 is 6.23. The number of rotatable bonds is 3. The number of hydrogen-bond acceptors (Lipinski definition) is 4. The van der Waals surface area contributed by atoms with Crippen molar-refractivity contribution in [3.8, 4) is 0 Å². The van der Waals surface area contributed by atoms with Gasteiger partial charge in [0.2, 0.25) is 5.09 Å². The number of piperazine rings is 1. The summed E-state index contributed by atoms with van der Waals surface area (Å²) in [6.07, 6.45) is 1.36. The maximum atomic E-state index is 12.7. The zero-order valence-electron chi connectivity index (χ0n) is 11.6. The van der Waals surface area contributed by atoms with Crippen LogP contribution in [0.2, 0.25) is 5.02 Å². The molecule has 0 amide bonds. The Morgan fingerprint density at radius 2 is 2.00 bits per heavy atom. The molecule has 120 valence electrons. The zero-order chi connectivity index (χ0) is 14.9. The maximum absolute atomic E-state index is 12.7. The molecule has 22 heavy (non-hydrogen) atoms. The number of nitrogens with zero attached hydrogens (tertiary/aromatic N) is 1. The van der Waals surface area contributed by atoms with Crippen LogP contribution < -0.4 is 5.32 Å². The van der Waals surface area contributed by atoms with Gasteiger partial charge in [-0.05, 0) is 23.8 Å². The lowest BCUT2D eigenvalue weighted by molar-refractivity contribution is 0.264. The second kappa shape index (κ2) is 7.02. The minimum Gasteiger partial charge on any atom is -0.452 e. The summed E-state index contributed by atoms with van der Waals surface area (Å²) in [7, 11) is -3.66. The number of halogens is 2. The molecule has 1 fully saturated rings. The number of nitrogens with one attached hydrogen (secondary N) is 1. The Balaban J connectivity index is 0.00000176. The van der Waals surface area contributed by atoms with E-state index in [4.69, 9.17) is 16.0 Å². The average molecular weight is 363 g/mol. The molecule has 2 aromatic rings. The SMILES string of the molecule is Cl.O=S(=O)(c1ccco1)N1CCNCC1c1ccccc1Cl. The van der Waals surface area contributed by atoms with Crippen molar-refractivity contribution in [3.63, 3.8) is 0 Å². The fourth-order valence-corrected chi connectivity index (χ4v) is 4.28. The topological polar surface area (TPSA) is 62.6 Å². The van der Waals surface area contributed by atoms with Crippen molar-refractivity contribution >= 4 is 34.0 Å². The van der Waals surface area contributed by atoms with Gasteiger partial charge in [0, 0.05) is 24.7 Å². The van der Waals surface area contributed by atoms with Gasteiger partial charge < -0.3 is 9.73 Å². The maximum Gasteiger partial charge on any atom is 0.277 e. The first-order valence-electron chi connectivity index (χ1n) is 6.61. The molecule has 1 aliphatic rings. The fourth-order valence-electron chi connectivity index (χ4n) is 2.51. The molecular weight excluding hydrogens is 347 g/mol. The van der Waals surface area contributed by atoms with E-state index in [1.54, 1.807) is 12.1 Å². The third-order valence-corrected chi connectivity index (χ3v) is 5.66. The van der Waals surface area contributed by atoms with Gasteiger partial charge in [-0.15, -0.1) is 12.4 Å². The van der Waals surface area contributed by atoms with Crippen LogP contribution >= 0.6 is 24.0 Å². The Labute approximate surface area is 140 Å². The van der Waals surface area contributed by atoms with Crippen LogP contribution in [-0.4, -0.2) is 32.4 Å². The van der Waals surface area contributed by atoms with E-state index in [-0.39, 0.29) is 23.5 Å². The number of sulfonamides is 1. The first kappa shape index (κ1) is 17.3. The van der Waals surface area contributed by atoms with Crippen molar-refractivity contribution in [2.45, 2.75) is 11.1 Å². The molecular formula is C14H16Cl2N2O3S. The first-order valence-corrected chi connectivity index (χ1v) is 8.43. The molecule has 1 saturated heterocycles. The van der Waals surface area contributed by atoms with Crippen molar-refractivity contribution in [1.29, 1.82) is 0 Å². The highest BCUT2D eigenvalue weighted by Gasteiger charge is 2.36. The highest BCUT2D eigenvalue weighted by atomic mass is 35.5. The summed E-state index contributed by atoms with van der Waals surface area (Å²) in [6, 6.07) is 9.98. The van der Waals surface area contributed by atoms with Crippen molar-refractivity contribution in [1.82, 2.24) is 9.62 Å². The molecule has 0 saturated carbocycles. The number of benzene rings is 1. The minimum absolute atomic E-state index is 0. The summed E-state index contributed by atoms with van der Waals surface area (Å²) in [5.74, 6) is 0. The average Bonchev–Trinajstić information content (AvgIpc) is 3.03. The van der Waals surface area contributed by atoms with E-state index < -0.39 is 10.0 Å². The zero-order valence-corrected chi connectivity index (χ0v) is 14.0. The van der Waals surface area contributed by atoms with Crippen LogP contribution in [0.15, 0.2) is 52.2 Å². The van der Waals surface area contributed by atoms with Gasteiger partial charge in [0.15, 0.2) is 0 Å². The molecule has 0 spiro atoms. The summed E-state index contributed by atoms with van der Waals surface area (Å²) < 4.78 is 31.9. The molecule has 0 radical (unpaired) electrons. The summed E-state index contributed by atoms with van der Waals surface area (Å²) in [6.45, 7) is 1.49. The predicted octanol–water partition coefficient (Wildman–Crippen LogP) is 2.69. The van der Waals surface area contributed by atoms with Gasteiger partial charge in [-0.25, -0.2) is 8.42 Å². The number of furan rings is 1. The lowest BCUT2D eigenvalue weighted by atomic mass is 10.1. The van der Waals surface area contributed by atoms with Crippen LogP contribution in [0.3, 0.4) is 0 Å². The van der Waals surface area contributed by atoms with Crippen LogP contribution in [0.4, 0.5) is 0 Å². The fraction of sp³-hybridized carbons (Fsp3) is 0.286. The lowest BCUT2D eigenvalue weighted by Crippen LogP contribution is -2.48. The quantitative estimate of drug-likeness (QED) is 0.911. The van der Waals surface area contributed by atoms with E-state index in [2.05, 4.69) is 5.32 Å². The Morgan fingerprint density at radius 1 is 1.23 bits per heavy atom. The summed E-state index contributed by atoms with van der Waals surface area (Å²) in [5, 5.41) is 3.73. The van der Waals surface area contributed by atoms with E-state index >= 15 is 0 Å². The van der Waals surface area contributed by atoms with Gasteiger partial charge in [-0.1, -0.05) is 29.8 Å². The van der Waals surface area contributed by atoms with Gasteiger partial charge in [-0.3, -0.25) is 0 Å². The van der Waals surface area contributed by atoms with E-state index in [0.29, 0.717) is 24.7 Å². The summed E-state index contributed by atoms with van der Waals surface area (Å²) in [4.78, 5) is 0. The lowest BCUT2D eigenvalue weighted by Gasteiger charge is -2.35. The molecule has 1 N–H and O–H groups in total. The molecule has 1 aliphatic heterocycles. The number of hydrogen-bond donors (Lipinski definition) is 1. The summed E-state index contributed by atoms with van der Waals surface area (Å²) in [5.41, 5.74) is 0.793. The Bertz CT molecular complexity index is 719. The second-order valence-corrected chi connectivity index (χ2v) is 7.02. The normalized spacial score (nSPS) is 19.6. The Morgan fingerprint density at radius 3 is 2.68 bits per heavy atom. The molecule has 1 atom stereocenters. The third kappa shape index (κ3) is 3.16. The van der Waals surface area contributed by atoms with Gasteiger partial charge in [-0.2, -0.15) is 4.31 Å². The molecule has 2 heterocycles. The van der Waals surface area contributed by atoms with Crippen molar-refractivity contribution in [2.75, 3.05) is 19.6 Å². The van der Waals surface area contributed by atoms with Gasteiger partial charge in [0.05, 0.1) is 12.3 Å². The van der Waals surface area contributed by atoms with Crippen LogP contribution in [-0.2, 0) is 10.0 Å². The highest BCUT2D eigenvalue weighted by Crippen LogP contribution is 2.32. The molecule has 1 aromatic heterocycles. The van der Waals surface area contributed by atoms with Crippen molar-refractivity contribution < 1.29 is 12.8 Å². The third-order valence-electron chi connectivity index (χ3n) is 3.52. The monoisotopic (exact) mass is 362 g/mol. The minimum atomic E-state index is -3.66. The van der Waals surface area contributed by atoms with Crippen molar-refractivity contribution in [2.24, 2.45) is 0 Å². The van der Waals surface area contributed by atoms with Crippen molar-refractivity contribution in [3.05, 3.63) is 53.2 Å². The van der Waals surface area contributed by atoms with Crippen LogP contribution in [0.25, 0.3) is 0 Å². The van der Waals surface area contributed by atoms with E-state index in [9.17, 15) is 8.42 Å². The van der Waals surface area contributed by atoms with E-state index in [0.717, 1.165) is 5.56 Å². The molecule has 1 unspecified atom stereocenters. The molecule has 5 nitrogen and oxygen atoms in total. The standard InChI is InChI=1S/C14H15ClN2O3S.ClH/c15-12-5-2-1-4-11(12)13-10-16-7-8-17(13)21(18,19)14-6-3-9-20-14;/h1-6,9,13,16H,7-8,10H2;1H. The second-order valence-electron chi connectivity index (χ2n) is 4.79. The highest BCUT2D eigenvalue weighted by molar-refractivity contribution is 7.89. The predicted molar refractivity (Wildman–Crippen MR) is 86.9 cm³/mol. The van der Waals surface area contributed by atoms with Gasteiger partial charge >= 0.3 is 0 Å². The van der Waals surface area contributed by atoms with E-state index in [1.165, 1.54) is 16.6 Å². The van der Waals surface area contributed by atoms with Gasteiger partial charge in [0.25, 0.3) is 10.0 Å². The molecule has 0 aliphatic carbocycles. The molecule has 8 heteroatoms. The van der Waals surface area contributed by atoms with Crippen LogP contribution in [0.5, 0.6) is 0 Å². The smallest absolute Gasteiger partial charge is 0.277 e. The Kier molecular flexibility index (Phi) is 5.52. The van der Waals surface area contributed by atoms with Gasteiger partial charge in [0.1, 0.15) is 0 Å². The van der Waals surface area contributed by atoms with E-state index in [1.807, 2.05) is 18.2 Å². The molecule has 0 bridgehead atoms. The largest absolute Gasteiger partial charge is 0.452 e. The molecule has 3 rings (SSSR count).